The van der Waals surface area contributed by atoms with Gasteiger partial charge in [0, 0.05) is 25.8 Å². The number of hydrogen-bond donors (Lipinski definition) is 2. The number of aliphatic hydroxyl groups excluding tert-OH is 1. The Hall–Kier alpha value is -1.62. The van der Waals surface area contributed by atoms with Gasteiger partial charge < -0.3 is 15.3 Å². The highest BCUT2D eigenvalue weighted by molar-refractivity contribution is 5.98. The number of amides is 1. The van der Waals surface area contributed by atoms with Crippen molar-refractivity contribution in [1.82, 2.24) is 10.3 Å². The molecule has 1 atom stereocenters. The van der Waals surface area contributed by atoms with Gasteiger partial charge in [0.1, 0.15) is 5.82 Å². The van der Waals surface area contributed by atoms with Crippen LogP contribution in [0.15, 0.2) is 18.3 Å². The lowest BCUT2D eigenvalue weighted by atomic mass is 10.1. The van der Waals surface area contributed by atoms with Gasteiger partial charge >= 0.3 is 0 Å². The van der Waals surface area contributed by atoms with Crippen LogP contribution in [-0.4, -0.2) is 41.7 Å². The summed E-state index contributed by atoms with van der Waals surface area (Å²) in [5, 5.41) is 12.4. The monoisotopic (exact) mass is 291 g/mol. The third-order valence-electron chi connectivity index (χ3n) is 3.92. The van der Waals surface area contributed by atoms with Crippen LogP contribution in [0.2, 0.25) is 0 Å². The van der Waals surface area contributed by atoms with Gasteiger partial charge in [-0.15, -0.1) is 0 Å². The van der Waals surface area contributed by atoms with Gasteiger partial charge in [0.25, 0.3) is 5.91 Å². The Balaban J connectivity index is 1.99. The van der Waals surface area contributed by atoms with Gasteiger partial charge in [-0.2, -0.15) is 0 Å². The van der Waals surface area contributed by atoms with Crippen LogP contribution >= 0.6 is 0 Å². The predicted molar refractivity (Wildman–Crippen MR) is 83.5 cm³/mol. The molecule has 1 saturated heterocycles. The number of nitrogens with one attached hydrogen (secondary N) is 1. The second kappa shape index (κ2) is 7.98. The zero-order valence-corrected chi connectivity index (χ0v) is 12.7. The number of carbonyl (C=O) groups is 1. The van der Waals surface area contributed by atoms with Crippen LogP contribution in [0.4, 0.5) is 5.82 Å². The maximum atomic E-state index is 12.3. The minimum absolute atomic E-state index is 0.105. The number of anilines is 1. The third-order valence-corrected chi connectivity index (χ3v) is 3.92. The Kier molecular flexibility index (Phi) is 5.99. The molecule has 1 unspecified atom stereocenters. The molecule has 2 N–H and O–H groups in total. The molecular formula is C16H25N3O2. The van der Waals surface area contributed by atoms with E-state index >= 15 is 0 Å². The van der Waals surface area contributed by atoms with Crippen molar-refractivity contribution < 1.29 is 9.90 Å². The molecule has 0 saturated carbocycles. The first kappa shape index (κ1) is 15.8. The third kappa shape index (κ3) is 4.43. The van der Waals surface area contributed by atoms with Crippen LogP contribution in [0.25, 0.3) is 0 Å². The maximum absolute atomic E-state index is 12.3. The molecule has 1 amide bonds. The van der Waals surface area contributed by atoms with E-state index in [1.54, 1.807) is 12.3 Å². The molecule has 1 aliphatic heterocycles. The number of pyridine rings is 1. The normalized spacial score (nSPS) is 16.6. The van der Waals surface area contributed by atoms with Crippen LogP contribution in [0.1, 0.15) is 49.4 Å². The summed E-state index contributed by atoms with van der Waals surface area (Å²) in [6.45, 7) is 4.35. The lowest BCUT2D eigenvalue weighted by Crippen LogP contribution is -2.34. The first-order valence-corrected chi connectivity index (χ1v) is 7.88. The molecule has 2 rings (SSSR count). The predicted octanol–water partition coefficient (Wildman–Crippen LogP) is 1.96. The molecule has 2 heterocycles. The fraction of sp³-hybridized carbons (Fsp3) is 0.625. The minimum atomic E-state index is -0.347. The van der Waals surface area contributed by atoms with E-state index in [0.29, 0.717) is 24.9 Å². The fourth-order valence-electron chi connectivity index (χ4n) is 2.58. The number of piperidine rings is 1. The van der Waals surface area contributed by atoms with E-state index in [9.17, 15) is 9.90 Å². The highest BCUT2D eigenvalue weighted by atomic mass is 16.3. The van der Waals surface area contributed by atoms with Crippen molar-refractivity contribution in [3.05, 3.63) is 23.9 Å². The van der Waals surface area contributed by atoms with Crippen LogP contribution in [0.3, 0.4) is 0 Å². The second-order valence-corrected chi connectivity index (χ2v) is 5.53. The summed E-state index contributed by atoms with van der Waals surface area (Å²) in [4.78, 5) is 18.9. The summed E-state index contributed by atoms with van der Waals surface area (Å²) in [5.41, 5.74) is 0.630. The van der Waals surface area contributed by atoms with Crippen molar-refractivity contribution in [2.75, 3.05) is 24.5 Å². The quantitative estimate of drug-likeness (QED) is 0.841. The van der Waals surface area contributed by atoms with Gasteiger partial charge in [0.15, 0.2) is 0 Å². The Morgan fingerprint density at radius 2 is 2.19 bits per heavy atom. The standard InChI is InChI=1S/C16H25N3O2/c1-2-13(20)8-10-18-16(21)14-7-6-9-17-15(14)19-11-4-3-5-12-19/h6-7,9,13,20H,2-5,8,10-12H2,1H3,(H,18,21). The average Bonchev–Trinajstić information content (AvgIpc) is 2.55. The number of aliphatic hydroxyl groups is 1. The van der Waals surface area contributed by atoms with Gasteiger partial charge in [-0.3, -0.25) is 4.79 Å². The van der Waals surface area contributed by atoms with Crippen molar-refractivity contribution in [1.29, 1.82) is 0 Å². The molecule has 21 heavy (non-hydrogen) atoms. The highest BCUT2D eigenvalue weighted by Gasteiger charge is 2.19. The Morgan fingerprint density at radius 3 is 2.90 bits per heavy atom. The van der Waals surface area contributed by atoms with Crippen LogP contribution < -0.4 is 10.2 Å². The van der Waals surface area contributed by atoms with Crippen molar-refractivity contribution in [2.45, 2.75) is 45.1 Å². The molecule has 5 heteroatoms. The average molecular weight is 291 g/mol. The van der Waals surface area contributed by atoms with E-state index < -0.39 is 0 Å². The summed E-state index contributed by atoms with van der Waals surface area (Å²) < 4.78 is 0. The smallest absolute Gasteiger partial charge is 0.255 e. The van der Waals surface area contributed by atoms with Crippen molar-refractivity contribution in [3.8, 4) is 0 Å². The number of nitrogens with zero attached hydrogens (tertiary/aromatic N) is 2. The molecule has 0 aromatic carbocycles. The Bertz CT molecular complexity index is 459. The molecule has 0 radical (unpaired) electrons. The van der Waals surface area contributed by atoms with E-state index in [2.05, 4.69) is 15.2 Å². The Labute approximate surface area is 126 Å². The minimum Gasteiger partial charge on any atom is -0.393 e. The lowest BCUT2D eigenvalue weighted by Gasteiger charge is -2.29. The molecule has 1 aromatic rings. The van der Waals surface area contributed by atoms with Gasteiger partial charge in [-0.1, -0.05) is 6.92 Å². The lowest BCUT2D eigenvalue weighted by molar-refractivity contribution is 0.0942. The molecule has 0 bridgehead atoms. The first-order chi connectivity index (χ1) is 10.2. The highest BCUT2D eigenvalue weighted by Crippen LogP contribution is 2.21. The molecule has 0 spiro atoms. The van der Waals surface area contributed by atoms with Crippen molar-refractivity contribution in [2.24, 2.45) is 0 Å². The zero-order chi connectivity index (χ0) is 15.1. The summed E-state index contributed by atoms with van der Waals surface area (Å²) in [7, 11) is 0. The number of rotatable bonds is 6. The number of hydrogen-bond acceptors (Lipinski definition) is 4. The summed E-state index contributed by atoms with van der Waals surface area (Å²) >= 11 is 0. The summed E-state index contributed by atoms with van der Waals surface area (Å²) in [6, 6.07) is 3.62. The zero-order valence-electron chi connectivity index (χ0n) is 12.7. The maximum Gasteiger partial charge on any atom is 0.255 e. The van der Waals surface area contributed by atoms with Gasteiger partial charge in [-0.25, -0.2) is 4.98 Å². The topological polar surface area (TPSA) is 65.5 Å². The van der Waals surface area contributed by atoms with E-state index in [0.717, 1.165) is 31.7 Å². The largest absolute Gasteiger partial charge is 0.393 e. The SMILES string of the molecule is CCC(O)CCNC(=O)c1cccnc1N1CCCCC1. The van der Waals surface area contributed by atoms with Crippen LogP contribution in [-0.2, 0) is 0 Å². The second-order valence-electron chi connectivity index (χ2n) is 5.53. The van der Waals surface area contributed by atoms with Gasteiger partial charge in [-0.05, 0) is 44.2 Å². The fourth-order valence-corrected chi connectivity index (χ4v) is 2.58. The van der Waals surface area contributed by atoms with Crippen LogP contribution in [0, 0.1) is 0 Å². The van der Waals surface area contributed by atoms with E-state index in [1.807, 2.05) is 13.0 Å². The van der Waals surface area contributed by atoms with Gasteiger partial charge in [0.05, 0.1) is 11.7 Å². The summed E-state index contributed by atoms with van der Waals surface area (Å²) in [6.07, 6.45) is 6.24. The molecule has 0 aliphatic carbocycles. The summed E-state index contributed by atoms with van der Waals surface area (Å²) in [5.74, 6) is 0.678. The van der Waals surface area contributed by atoms with E-state index in [-0.39, 0.29) is 12.0 Å². The molecule has 1 aromatic heterocycles. The number of aromatic nitrogens is 1. The van der Waals surface area contributed by atoms with Crippen molar-refractivity contribution in [3.63, 3.8) is 0 Å². The van der Waals surface area contributed by atoms with E-state index in [1.165, 1.54) is 6.42 Å². The number of carbonyl (C=O) groups excluding carboxylic acids is 1. The Morgan fingerprint density at radius 1 is 1.43 bits per heavy atom. The van der Waals surface area contributed by atoms with Gasteiger partial charge in [0.2, 0.25) is 0 Å². The van der Waals surface area contributed by atoms with Crippen LogP contribution in [0.5, 0.6) is 0 Å². The molecule has 5 nitrogen and oxygen atoms in total. The molecular weight excluding hydrogens is 266 g/mol. The molecule has 1 aliphatic rings. The molecule has 116 valence electrons. The molecule has 1 fully saturated rings. The first-order valence-electron chi connectivity index (χ1n) is 7.88. The van der Waals surface area contributed by atoms with Crippen molar-refractivity contribution >= 4 is 11.7 Å². The van der Waals surface area contributed by atoms with E-state index in [4.69, 9.17) is 0 Å².